The minimum atomic E-state index is -4.79. The van der Waals surface area contributed by atoms with Crippen molar-refractivity contribution < 1.29 is 59.0 Å². The van der Waals surface area contributed by atoms with Gasteiger partial charge in [-0.3, -0.25) is 4.52 Å². The predicted octanol–water partition coefficient (Wildman–Crippen LogP) is -4.01. The molecular formula is C14H26N3O12P. The summed E-state index contributed by atoms with van der Waals surface area (Å²) in [6.45, 7) is -1.89. The Kier molecular flexibility index (Phi) is 9.23. The Balaban J connectivity index is 1.94. The van der Waals surface area contributed by atoms with E-state index in [9.17, 15) is 30.1 Å². The molecule has 1 aliphatic heterocycles. The highest BCUT2D eigenvalue weighted by molar-refractivity contribution is 7.46. The molecule has 1 saturated heterocycles. The molecule has 1 aromatic rings. The molecule has 0 radical (unpaired) electrons. The summed E-state index contributed by atoms with van der Waals surface area (Å²) in [7, 11) is -4.79. The first-order valence-electron chi connectivity index (χ1n) is 8.89. The van der Waals surface area contributed by atoms with Gasteiger partial charge in [0, 0.05) is 6.61 Å². The second kappa shape index (κ2) is 11.0. The van der Waals surface area contributed by atoms with Crippen LogP contribution in [0.2, 0.25) is 0 Å². The molecule has 30 heavy (non-hydrogen) atoms. The van der Waals surface area contributed by atoms with E-state index in [0.29, 0.717) is 0 Å². The lowest BCUT2D eigenvalue weighted by Gasteiger charge is -2.24. The summed E-state index contributed by atoms with van der Waals surface area (Å²) < 4.78 is 26.8. The van der Waals surface area contributed by atoms with Gasteiger partial charge in [-0.05, 0) is 6.42 Å². The van der Waals surface area contributed by atoms with Gasteiger partial charge >= 0.3 is 7.82 Å². The van der Waals surface area contributed by atoms with Crippen LogP contribution in [0.3, 0.4) is 0 Å². The lowest BCUT2D eigenvalue weighted by atomic mass is 10.1. The van der Waals surface area contributed by atoms with Gasteiger partial charge in [-0.25, -0.2) is 9.25 Å². The Bertz CT molecular complexity index is 701. The third-order valence-corrected chi connectivity index (χ3v) is 4.87. The van der Waals surface area contributed by atoms with Crippen molar-refractivity contribution in [2.75, 3.05) is 19.8 Å². The molecule has 1 aromatic heterocycles. The number of hydrogen-bond acceptors (Lipinski definition) is 12. The third-order valence-electron chi connectivity index (χ3n) is 4.39. The fourth-order valence-electron chi connectivity index (χ4n) is 2.76. The van der Waals surface area contributed by atoms with Gasteiger partial charge < -0.3 is 49.9 Å². The number of hydrogen-bond donors (Lipinski definition) is 8. The lowest BCUT2D eigenvalue weighted by Crippen LogP contribution is -2.41. The molecule has 15 nitrogen and oxygen atoms in total. The van der Waals surface area contributed by atoms with Crippen LogP contribution in [0.15, 0.2) is 6.20 Å². The normalized spacial score (nSPS) is 27.9. The van der Waals surface area contributed by atoms with Crippen LogP contribution in [0.1, 0.15) is 18.3 Å². The molecule has 7 atom stereocenters. The molecule has 0 aliphatic carbocycles. The largest absolute Gasteiger partial charge is 0.469 e. The SMILES string of the molecule is O=P(O)(O)OC[C@H]1O[C@@H](n2cc(CO[C@H](CO)[C@@H](O)[C@H](O)CCO)nn2)[C@H](O)[C@@H]1O. The van der Waals surface area contributed by atoms with E-state index in [0.717, 1.165) is 4.68 Å². The van der Waals surface area contributed by atoms with Crippen LogP contribution in [0.25, 0.3) is 0 Å². The van der Waals surface area contributed by atoms with Crippen LogP contribution >= 0.6 is 7.82 Å². The van der Waals surface area contributed by atoms with E-state index < -0.39 is 63.9 Å². The first kappa shape index (κ1) is 25.2. The van der Waals surface area contributed by atoms with Gasteiger partial charge in [-0.2, -0.15) is 0 Å². The molecular weight excluding hydrogens is 433 g/mol. The number of ether oxygens (including phenoxy) is 2. The van der Waals surface area contributed by atoms with Crippen molar-refractivity contribution in [1.29, 1.82) is 0 Å². The van der Waals surface area contributed by atoms with Crippen molar-refractivity contribution in [2.45, 2.75) is 55.9 Å². The second-order valence-electron chi connectivity index (χ2n) is 6.62. The van der Waals surface area contributed by atoms with Crippen LogP contribution in [-0.4, -0.2) is 112 Å². The summed E-state index contributed by atoms with van der Waals surface area (Å²) in [6, 6.07) is 0. The van der Waals surface area contributed by atoms with Crippen LogP contribution in [0, 0.1) is 0 Å². The van der Waals surface area contributed by atoms with Crippen molar-refractivity contribution >= 4 is 7.82 Å². The molecule has 1 aliphatic rings. The predicted molar refractivity (Wildman–Crippen MR) is 93.3 cm³/mol. The second-order valence-corrected chi connectivity index (χ2v) is 7.86. The molecule has 1 fully saturated rings. The zero-order valence-electron chi connectivity index (χ0n) is 15.7. The molecule has 16 heteroatoms. The van der Waals surface area contributed by atoms with Gasteiger partial charge in [-0.15, -0.1) is 5.10 Å². The smallest absolute Gasteiger partial charge is 0.396 e. The maximum Gasteiger partial charge on any atom is 0.469 e. The van der Waals surface area contributed by atoms with Crippen LogP contribution in [-0.2, 0) is 25.2 Å². The first-order chi connectivity index (χ1) is 14.1. The van der Waals surface area contributed by atoms with Crippen molar-refractivity contribution in [3.63, 3.8) is 0 Å². The summed E-state index contributed by atoms with van der Waals surface area (Å²) in [4.78, 5) is 17.5. The number of aliphatic hydroxyl groups is 6. The number of phosphoric acid groups is 1. The van der Waals surface area contributed by atoms with Gasteiger partial charge in [-0.1, -0.05) is 5.21 Å². The van der Waals surface area contributed by atoms with E-state index >= 15 is 0 Å². The average molecular weight is 459 g/mol. The fourth-order valence-corrected chi connectivity index (χ4v) is 3.10. The highest BCUT2D eigenvalue weighted by Gasteiger charge is 2.45. The molecule has 2 heterocycles. The molecule has 0 aromatic carbocycles. The topological polar surface area (TPSA) is 237 Å². The molecule has 2 rings (SSSR count). The number of rotatable bonds is 12. The minimum Gasteiger partial charge on any atom is -0.396 e. The maximum atomic E-state index is 10.8. The lowest BCUT2D eigenvalue weighted by molar-refractivity contribution is -0.116. The third kappa shape index (κ3) is 6.71. The van der Waals surface area contributed by atoms with Crippen molar-refractivity contribution in [2.24, 2.45) is 0 Å². The van der Waals surface area contributed by atoms with E-state index in [1.165, 1.54) is 6.20 Å². The summed E-state index contributed by atoms with van der Waals surface area (Å²) in [5, 5.41) is 65.3. The molecule has 0 amide bonds. The average Bonchev–Trinajstić information content (AvgIpc) is 3.25. The van der Waals surface area contributed by atoms with Gasteiger partial charge in [0.2, 0.25) is 0 Å². The standard InChI is InChI=1S/C14H26N3O12P/c18-2-1-8(20)11(21)9(4-19)27-5-7-3-17(16-15-7)14-13(23)12(22)10(29-14)6-28-30(24,25)26/h3,8-14,18-23H,1-2,4-6H2,(H2,24,25,26)/t8-,9-,10-,11+,12-,13-,14-/m1/s1. The Morgan fingerprint density at radius 1 is 1.23 bits per heavy atom. The summed E-state index contributed by atoms with van der Waals surface area (Å²) in [5.41, 5.74) is 0.192. The zero-order chi connectivity index (χ0) is 22.5. The molecule has 0 unspecified atom stereocenters. The highest BCUT2D eigenvalue weighted by Crippen LogP contribution is 2.38. The van der Waals surface area contributed by atoms with Crippen LogP contribution in [0.4, 0.5) is 0 Å². The number of aromatic nitrogens is 3. The van der Waals surface area contributed by atoms with E-state index in [1.807, 2.05) is 0 Å². The zero-order valence-corrected chi connectivity index (χ0v) is 16.5. The van der Waals surface area contributed by atoms with Gasteiger partial charge in [0.15, 0.2) is 6.23 Å². The van der Waals surface area contributed by atoms with Crippen LogP contribution in [0.5, 0.6) is 0 Å². The molecule has 8 N–H and O–H groups in total. The monoisotopic (exact) mass is 459 g/mol. The number of nitrogens with zero attached hydrogens (tertiary/aromatic N) is 3. The number of aliphatic hydroxyl groups excluding tert-OH is 6. The summed E-state index contributed by atoms with van der Waals surface area (Å²) in [6.07, 6.45) is -8.21. The maximum absolute atomic E-state index is 10.8. The highest BCUT2D eigenvalue weighted by atomic mass is 31.2. The van der Waals surface area contributed by atoms with E-state index in [1.54, 1.807) is 0 Å². The van der Waals surface area contributed by atoms with Crippen molar-refractivity contribution in [3.8, 4) is 0 Å². The Morgan fingerprint density at radius 2 is 1.93 bits per heavy atom. The van der Waals surface area contributed by atoms with Crippen LogP contribution < -0.4 is 0 Å². The fraction of sp³-hybridized carbons (Fsp3) is 0.857. The molecule has 0 bridgehead atoms. The first-order valence-corrected chi connectivity index (χ1v) is 10.4. The summed E-state index contributed by atoms with van der Waals surface area (Å²) in [5.74, 6) is 0. The number of phosphoric ester groups is 1. The quantitative estimate of drug-likeness (QED) is 0.139. The minimum absolute atomic E-state index is 0.108. The van der Waals surface area contributed by atoms with E-state index in [-0.39, 0.29) is 25.3 Å². The van der Waals surface area contributed by atoms with Gasteiger partial charge in [0.25, 0.3) is 0 Å². The molecule has 174 valence electrons. The Morgan fingerprint density at radius 3 is 2.53 bits per heavy atom. The van der Waals surface area contributed by atoms with Crippen molar-refractivity contribution in [3.05, 3.63) is 11.9 Å². The van der Waals surface area contributed by atoms with Gasteiger partial charge in [0.1, 0.15) is 36.2 Å². The summed E-state index contributed by atoms with van der Waals surface area (Å²) >= 11 is 0. The molecule has 0 spiro atoms. The Labute approximate surface area is 170 Å². The van der Waals surface area contributed by atoms with Crippen molar-refractivity contribution in [1.82, 2.24) is 15.0 Å². The molecule has 0 saturated carbocycles. The van der Waals surface area contributed by atoms with Gasteiger partial charge in [0.05, 0.1) is 32.1 Å². The van der Waals surface area contributed by atoms with E-state index in [2.05, 4.69) is 14.8 Å². The Hall–Kier alpha value is -1.07. The van der Waals surface area contributed by atoms with E-state index in [4.69, 9.17) is 24.4 Å².